The van der Waals surface area contributed by atoms with Crippen LogP contribution in [0.25, 0.3) is 0 Å². The summed E-state index contributed by atoms with van der Waals surface area (Å²) in [6.07, 6.45) is 2.15. The molecule has 0 bridgehead atoms. The molecule has 1 aliphatic heterocycles. The predicted octanol–water partition coefficient (Wildman–Crippen LogP) is 0.945. The number of rotatable bonds is 5. The van der Waals surface area contributed by atoms with E-state index in [0.717, 1.165) is 25.9 Å². The van der Waals surface area contributed by atoms with Crippen LogP contribution >= 0.6 is 0 Å². The van der Waals surface area contributed by atoms with Gasteiger partial charge in [0.15, 0.2) is 0 Å². The lowest BCUT2D eigenvalue weighted by atomic mass is 9.74. The highest BCUT2D eigenvalue weighted by Crippen LogP contribution is 2.33. The van der Waals surface area contributed by atoms with Crippen LogP contribution in [-0.4, -0.2) is 48.6 Å². The molecule has 1 unspecified atom stereocenters. The van der Waals surface area contributed by atoms with E-state index in [1.54, 1.807) is 11.9 Å². The Morgan fingerprint density at radius 1 is 1.44 bits per heavy atom. The third kappa shape index (κ3) is 3.70. The second-order valence-electron chi connectivity index (χ2n) is 5.64. The van der Waals surface area contributed by atoms with E-state index in [0.29, 0.717) is 5.92 Å². The van der Waals surface area contributed by atoms with E-state index >= 15 is 0 Å². The van der Waals surface area contributed by atoms with Crippen LogP contribution in [0.4, 0.5) is 0 Å². The van der Waals surface area contributed by atoms with Gasteiger partial charge >= 0.3 is 5.97 Å². The van der Waals surface area contributed by atoms with Gasteiger partial charge in [-0.25, -0.2) is 0 Å². The number of carboxylic acid groups (broad SMARTS) is 1. The van der Waals surface area contributed by atoms with Gasteiger partial charge in [-0.3, -0.25) is 9.59 Å². The molecule has 5 nitrogen and oxygen atoms in total. The number of nitrogens with zero attached hydrogens (tertiary/aromatic N) is 1. The van der Waals surface area contributed by atoms with Crippen molar-refractivity contribution >= 4 is 11.9 Å². The molecule has 18 heavy (non-hydrogen) atoms. The fourth-order valence-corrected chi connectivity index (χ4v) is 2.50. The number of hydrogen-bond donors (Lipinski definition) is 2. The molecule has 104 valence electrons. The SMILES string of the molecule is CN(CCC(=O)O)C(=O)C(C)(C)C1CCCNC1. The zero-order valence-electron chi connectivity index (χ0n) is 11.5. The molecule has 2 N–H and O–H groups in total. The summed E-state index contributed by atoms with van der Waals surface area (Å²) < 4.78 is 0. The van der Waals surface area contributed by atoms with Crippen molar-refractivity contribution in [2.75, 3.05) is 26.7 Å². The highest BCUT2D eigenvalue weighted by Gasteiger charge is 2.38. The number of piperidine rings is 1. The van der Waals surface area contributed by atoms with Gasteiger partial charge in [0.2, 0.25) is 5.91 Å². The van der Waals surface area contributed by atoms with Crippen molar-refractivity contribution in [3.63, 3.8) is 0 Å². The van der Waals surface area contributed by atoms with Crippen LogP contribution in [0, 0.1) is 11.3 Å². The third-order valence-electron chi connectivity index (χ3n) is 3.88. The second kappa shape index (κ2) is 6.18. The molecule has 1 atom stereocenters. The Kier molecular flexibility index (Phi) is 5.14. The number of hydrogen-bond acceptors (Lipinski definition) is 3. The molecule has 5 heteroatoms. The molecule has 1 rings (SSSR count). The fraction of sp³-hybridized carbons (Fsp3) is 0.846. The normalized spacial score (nSPS) is 20.5. The van der Waals surface area contributed by atoms with Crippen molar-refractivity contribution in [3.8, 4) is 0 Å². The zero-order chi connectivity index (χ0) is 13.8. The lowest BCUT2D eigenvalue weighted by Gasteiger charge is -2.38. The van der Waals surface area contributed by atoms with Crippen LogP contribution in [0.2, 0.25) is 0 Å². The summed E-state index contributed by atoms with van der Waals surface area (Å²) in [5, 5.41) is 12.0. The van der Waals surface area contributed by atoms with Gasteiger partial charge in [-0.05, 0) is 31.8 Å². The molecular formula is C13H24N2O3. The van der Waals surface area contributed by atoms with Crippen LogP contribution in [0.5, 0.6) is 0 Å². The van der Waals surface area contributed by atoms with Gasteiger partial charge in [0.25, 0.3) is 0 Å². The van der Waals surface area contributed by atoms with E-state index in [9.17, 15) is 9.59 Å². The van der Waals surface area contributed by atoms with Gasteiger partial charge in [0.1, 0.15) is 0 Å². The fourth-order valence-electron chi connectivity index (χ4n) is 2.50. The van der Waals surface area contributed by atoms with E-state index in [2.05, 4.69) is 5.32 Å². The number of nitrogens with one attached hydrogen (secondary N) is 1. The van der Waals surface area contributed by atoms with E-state index in [4.69, 9.17) is 5.11 Å². The summed E-state index contributed by atoms with van der Waals surface area (Å²) in [7, 11) is 1.68. The van der Waals surface area contributed by atoms with Gasteiger partial charge in [-0.1, -0.05) is 13.8 Å². The molecule has 1 aliphatic rings. The van der Waals surface area contributed by atoms with Gasteiger partial charge in [-0.15, -0.1) is 0 Å². The lowest BCUT2D eigenvalue weighted by molar-refractivity contribution is -0.144. The summed E-state index contributed by atoms with van der Waals surface area (Å²) >= 11 is 0. The smallest absolute Gasteiger partial charge is 0.305 e. The average Bonchev–Trinajstić information content (AvgIpc) is 2.36. The highest BCUT2D eigenvalue weighted by atomic mass is 16.4. The Hall–Kier alpha value is -1.10. The first-order chi connectivity index (χ1) is 8.35. The molecule has 0 saturated carbocycles. The summed E-state index contributed by atoms with van der Waals surface area (Å²) in [6.45, 7) is 6.09. The van der Waals surface area contributed by atoms with Crippen LogP contribution in [0.15, 0.2) is 0 Å². The molecule has 0 radical (unpaired) electrons. The largest absolute Gasteiger partial charge is 0.481 e. The molecule has 0 aromatic carbocycles. The molecule has 1 heterocycles. The van der Waals surface area contributed by atoms with Gasteiger partial charge in [-0.2, -0.15) is 0 Å². The third-order valence-corrected chi connectivity index (χ3v) is 3.88. The maximum absolute atomic E-state index is 12.4. The van der Waals surface area contributed by atoms with Crippen LogP contribution in [0.3, 0.4) is 0 Å². The van der Waals surface area contributed by atoms with Crippen molar-refractivity contribution in [3.05, 3.63) is 0 Å². The summed E-state index contributed by atoms with van der Waals surface area (Å²) in [4.78, 5) is 24.5. The molecule has 1 amide bonds. The first kappa shape index (κ1) is 15.0. The van der Waals surface area contributed by atoms with Crippen molar-refractivity contribution in [1.82, 2.24) is 10.2 Å². The first-order valence-electron chi connectivity index (χ1n) is 6.53. The topological polar surface area (TPSA) is 69.6 Å². The van der Waals surface area contributed by atoms with Crippen molar-refractivity contribution < 1.29 is 14.7 Å². The molecule has 1 saturated heterocycles. The van der Waals surface area contributed by atoms with Crippen LogP contribution in [0.1, 0.15) is 33.1 Å². The minimum atomic E-state index is -0.869. The quantitative estimate of drug-likeness (QED) is 0.768. The van der Waals surface area contributed by atoms with Gasteiger partial charge < -0.3 is 15.3 Å². The van der Waals surface area contributed by atoms with Crippen LogP contribution < -0.4 is 5.32 Å². The monoisotopic (exact) mass is 256 g/mol. The lowest BCUT2D eigenvalue weighted by Crippen LogP contribution is -2.48. The average molecular weight is 256 g/mol. The van der Waals surface area contributed by atoms with E-state index in [1.807, 2.05) is 13.8 Å². The standard InChI is InChI=1S/C13H24N2O3/c1-13(2,10-5-4-7-14-9-10)12(18)15(3)8-6-11(16)17/h10,14H,4-9H2,1-3H3,(H,16,17). The second-order valence-corrected chi connectivity index (χ2v) is 5.64. The Bertz CT molecular complexity index is 309. The van der Waals surface area contributed by atoms with E-state index < -0.39 is 11.4 Å². The van der Waals surface area contributed by atoms with Gasteiger partial charge in [0.05, 0.1) is 6.42 Å². The maximum atomic E-state index is 12.4. The molecule has 0 aliphatic carbocycles. The van der Waals surface area contributed by atoms with Crippen molar-refractivity contribution in [2.24, 2.45) is 11.3 Å². The van der Waals surface area contributed by atoms with Crippen molar-refractivity contribution in [2.45, 2.75) is 33.1 Å². The Labute approximate surface area is 109 Å². The Balaban J connectivity index is 2.59. The first-order valence-corrected chi connectivity index (χ1v) is 6.53. The molecule has 0 aromatic rings. The summed E-state index contributed by atoms with van der Waals surface area (Å²) in [5.74, 6) is -0.504. The predicted molar refractivity (Wildman–Crippen MR) is 69.3 cm³/mol. The number of amides is 1. The molecule has 0 spiro atoms. The highest BCUT2D eigenvalue weighted by molar-refractivity contribution is 5.82. The number of carboxylic acids is 1. The van der Waals surface area contributed by atoms with Crippen molar-refractivity contribution in [1.29, 1.82) is 0 Å². The Morgan fingerprint density at radius 2 is 2.11 bits per heavy atom. The van der Waals surface area contributed by atoms with Crippen LogP contribution in [-0.2, 0) is 9.59 Å². The zero-order valence-corrected chi connectivity index (χ0v) is 11.5. The maximum Gasteiger partial charge on any atom is 0.305 e. The number of aliphatic carboxylic acids is 1. The summed E-state index contributed by atoms with van der Waals surface area (Å²) in [6, 6.07) is 0. The number of carbonyl (C=O) groups is 2. The number of carbonyl (C=O) groups excluding carboxylic acids is 1. The molecule has 0 aromatic heterocycles. The minimum absolute atomic E-state index is 0.00123. The van der Waals surface area contributed by atoms with Gasteiger partial charge in [0, 0.05) is 19.0 Å². The minimum Gasteiger partial charge on any atom is -0.481 e. The molecular weight excluding hydrogens is 232 g/mol. The van der Waals surface area contributed by atoms with E-state index in [-0.39, 0.29) is 18.9 Å². The molecule has 1 fully saturated rings. The summed E-state index contributed by atoms with van der Waals surface area (Å²) in [5.41, 5.74) is -0.430. The van der Waals surface area contributed by atoms with E-state index in [1.165, 1.54) is 0 Å². The Morgan fingerprint density at radius 3 is 2.61 bits per heavy atom.